The summed E-state index contributed by atoms with van der Waals surface area (Å²) >= 11 is 1.68. The predicted octanol–water partition coefficient (Wildman–Crippen LogP) is 3.66. The van der Waals surface area contributed by atoms with Crippen LogP contribution in [0.2, 0.25) is 0 Å². The Morgan fingerprint density at radius 1 is 1.11 bits per heavy atom. The number of anilines is 1. The van der Waals surface area contributed by atoms with E-state index in [-0.39, 0.29) is 5.91 Å². The number of thiazole rings is 1. The number of hydrogen-bond acceptors (Lipinski definition) is 5. The summed E-state index contributed by atoms with van der Waals surface area (Å²) in [5, 5.41) is 3.19. The highest BCUT2D eigenvalue weighted by Gasteiger charge is 2.23. The zero-order valence-electron chi connectivity index (χ0n) is 16.0. The maximum atomic E-state index is 12.8. The Balaban J connectivity index is 1.35. The summed E-state index contributed by atoms with van der Waals surface area (Å²) in [6.07, 6.45) is 0. The molecule has 0 atom stereocenters. The number of carbonyl (C=O) groups excluding carboxylic acids is 1. The molecule has 2 N–H and O–H groups in total. The maximum absolute atomic E-state index is 12.8. The Kier molecular flexibility index (Phi) is 5.41. The van der Waals surface area contributed by atoms with Gasteiger partial charge in [0.15, 0.2) is 0 Å². The molecule has 1 fully saturated rings. The van der Waals surface area contributed by atoms with Crippen LogP contribution in [0.1, 0.15) is 21.6 Å². The molecular weight excluding hydrogens is 368 g/mol. The Labute approximate surface area is 169 Å². The lowest BCUT2D eigenvalue weighted by Crippen LogP contribution is -2.48. The smallest absolute Gasteiger partial charge is 0.254 e. The molecule has 1 aromatic heterocycles. The molecular formula is C22H24N4OS. The summed E-state index contributed by atoms with van der Waals surface area (Å²) in [4.78, 5) is 21.9. The topological polar surface area (TPSA) is 62.5 Å². The second-order valence-electron chi connectivity index (χ2n) is 7.15. The molecule has 3 aromatic rings. The molecule has 0 unspecified atom stereocenters. The lowest BCUT2D eigenvalue weighted by molar-refractivity contribution is 0.0626. The standard InChI is InChI=1S/C22H24N4OS/c1-16-7-8-18(23)13-20(16)22(27)26-11-9-25(10-12-26)14-19-15-28-21(24-19)17-5-3-2-4-6-17/h2-8,13,15H,9-12,14,23H2,1H3. The summed E-state index contributed by atoms with van der Waals surface area (Å²) in [5.41, 5.74) is 10.4. The Bertz CT molecular complexity index is 962. The van der Waals surface area contributed by atoms with E-state index in [4.69, 9.17) is 10.7 Å². The van der Waals surface area contributed by atoms with Gasteiger partial charge in [0.05, 0.1) is 5.69 Å². The van der Waals surface area contributed by atoms with Crippen LogP contribution in [0.3, 0.4) is 0 Å². The van der Waals surface area contributed by atoms with E-state index in [2.05, 4.69) is 22.4 Å². The highest BCUT2D eigenvalue weighted by atomic mass is 32.1. The number of rotatable bonds is 4. The van der Waals surface area contributed by atoms with Gasteiger partial charge in [0.2, 0.25) is 0 Å². The third kappa shape index (κ3) is 4.08. The Morgan fingerprint density at radius 2 is 1.86 bits per heavy atom. The molecule has 5 nitrogen and oxygen atoms in total. The van der Waals surface area contributed by atoms with Crippen molar-refractivity contribution in [2.75, 3.05) is 31.9 Å². The van der Waals surface area contributed by atoms with E-state index in [0.717, 1.165) is 54.6 Å². The van der Waals surface area contributed by atoms with Crippen molar-refractivity contribution in [2.24, 2.45) is 0 Å². The third-order valence-corrected chi connectivity index (χ3v) is 6.05. The minimum absolute atomic E-state index is 0.0736. The first-order chi connectivity index (χ1) is 13.6. The number of amides is 1. The van der Waals surface area contributed by atoms with Gasteiger partial charge in [-0.2, -0.15) is 0 Å². The summed E-state index contributed by atoms with van der Waals surface area (Å²) in [5.74, 6) is 0.0736. The van der Waals surface area contributed by atoms with Gasteiger partial charge in [0.1, 0.15) is 5.01 Å². The SMILES string of the molecule is Cc1ccc(N)cc1C(=O)N1CCN(Cc2csc(-c3ccccc3)n2)CC1. The zero-order chi connectivity index (χ0) is 19.5. The van der Waals surface area contributed by atoms with E-state index in [1.54, 1.807) is 17.4 Å². The summed E-state index contributed by atoms with van der Waals surface area (Å²) < 4.78 is 0. The van der Waals surface area contributed by atoms with Crippen molar-refractivity contribution >= 4 is 22.9 Å². The average Bonchev–Trinajstić information content (AvgIpc) is 3.19. The van der Waals surface area contributed by atoms with E-state index in [9.17, 15) is 4.79 Å². The normalized spacial score (nSPS) is 15.0. The van der Waals surface area contributed by atoms with E-state index in [1.165, 1.54) is 0 Å². The number of aryl methyl sites for hydroxylation is 1. The number of aromatic nitrogens is 1. The minimum Gasteiger partial charge on any atom is -0.399 e. The van der Waals surface area contributed by atoms with E-state index < -0.39 is 0 Å². The Morgan fingerprint density at radius 3 is 2.61 bits per heavy atom. The predicted molar refractivity (Wildman–Crippen MR) is 114 cm³/mol. The van der Waals surface area contributed by atoms with Gasteiger partial charge in [-0.05, 0) is 24.6 Å². The van der Waals surface area contributed by atoms with E-state index in [0.29, 0.717) is 11.3 Å². The first kappa shape index (κ1) is 18.7. The van der Waals surface area contributed by atoms with Gasteiger partial charge < -0.3 is 10.6 Å². The van der Waals surface area contributed by atoms with Crippen LogP contribution in [0.5, 0.6) is 0 Å². The molecule has 0 spiro atoms. The van der Waals surface area contributed by atoms with Crippen molar-refractivity contribution in [1.29, 1.82) is 0 Å². The quantitative estimate of drug-likeness (QED) is 0.689. The zero-order valence-corrected chi connectivity index (χ0v) is 16.8. The van der Waals surface area contributed by atoms with Crippen molar-refractivity contribution in [3.63, 3.8) is 0 Å². The van der Waals surface area contributed by atoms with Crippen molar-refractivity contribution in [3.05, 3.63) is 70.7 Å². The molecule has 144 valence electrons. The number of nitrogen functional groups attached to an aromatic ring is 1. The van der Waals surface area contributed by atoms with Gasteiger partial charge in [-0.15, -0.1) is 11.3 Å². The molecule has 0 radical (unpaired) electrons. The molecule has 0 aliphatic carbocycles. The van der Waals surface area contributed by atoms with Gasteiger partial charge in [-0.25, -0.2) is 4.98 Å². The summed E-state index contributed by atoms with van der Waals surface area (Å²) in [7, 11) is 0. The molecule has 1 saturated heterocycles. The van der Waals surface area contributed by atoms with E-state index in [1.807, 2.05) is 42.2 Å². The van der Waals surface area contributed by atoms with E-state index >= 15 is 0 Å². The summed E-state index contributed by atoms with van der Waals surface area (Å²) in [6.45, 7) is 5.93. The van der Waals surface area contributed by atoms with Crippen LogP contribution in [0.15, 0.2) is 53.9 Å². The number of nitrogens with zero attached hydrogens (tertiary/aromatic N) is 3. The van der Waals surface area contributed by atoms with Crippen LogP contribution < -0.4 is 5.73 Å². The molecule has 1 amide bonds. The fraction of sp³-hybridized carbons (Fsp3) is 0.273. The first-order valence-electron chi connectivity index (χ1n) is 9.48. The maximum Gasteiger partial charge on any atom is 0.254 e. The second kappa shape index (κ2) is 8.12. The number of benzene rings is 2. The number of nitrogens with two attached hydrogens (primary N) is 1. The Hall–Kier alpha value is -2.70. The average molecular weight is 393 g/mol. The second-order valence-corrected chi connectivity index (χ2v) is 8.01. The van der Waals surface area contributed by atoms with Crippen LogP contribution in [-0.2, 0) is 6.54 Å². The highest BCUT2D eigenvalue weighted by Crippen LogP contribution is 2.24. The lowest BCUT2D eigenvalue weighted by atomic mass is 10.1. The van der Waals surface area contributed by atoms with Crippen LogP contribution >= 0.6 is 11.3 Å². The van der Waals surface area contributed by atoms with Crippen molar-refractivity contribution < 1.29 is 4.79 Å². The fourth-order valence-corrected chi connectivity index (χ4v) is 4.29. The monoisotopic (exact) mass is 392 g/mol. The van der Waals surface area contributed by atoms with Crippen LogP contribution in [0.25, 0.3) is 10.6 Å². The van der Waals surface area contributed by atoms with Crippen molar-refractivity contribution in [3.8, 4) is 10.6 Å². The molecule has 2 heterocycles. The van der Waals surface area contributed by atoms with Gasteiger partial charge in [0, 0.05) is 54.9 Å². The molecule has 1 aliphatic rings. The number of piperazine rings is 1. The molecule has 6 heteroatoms. The fourth-order valence-electron chi connectivity index (χ4n) is 3.47. The minimum atomic E-state index is 0.0736. The number of carbonyl (C=O) groups is 1. The number of hydrogen-bond donors (Lipinski definition) is 1. The van der Waals surface area contributed by atoms with Crippen LogP contribution in [-0.4, -0.2) is 46.9 Å². The van der Waals surface area contributed by atoms with Gasteiger partial charge in [-0.1, -0.05) is 36.4 Å². The lowest BCUT2D eigenvalue weighted by Gasteiger charge is -2.34. The summed E-state index contributed by atoms with van der Waals surface area (Å²) in [6, 6.07) is 15.8. The van der Waals surface area contributed by atoms with Crippen molar-refractivity contribution in [2.45, 2.75) is 13.5 Å². The van der Waals surface area contributed by atoms with Gasteiger partial charge >= 0.3 is 0 Å². The third-order valence-electron chi connectivity index (χ3n) is 5.11. The van der Waals surface area contributed by atoms with Crippen LogP contribution in [0.4, 0.5) is 5.69 Å². The first-order valence-corrected chi connectivity index (χ1v) is 10.4. The molecule has 28 heavy (non-hydrogen) atoms. The highest BCUT2D eigenvalue weighted by molar-refractivity contribution is 7.13. The van der Waals surface area contributed by atoms with Crippen LogP contribution in [0, 0.1) is 6.92 Å². The van der Waals surface area contributed by atoms with Crippen molar-refractivity contribution in [1.82, 2.24) is 14.8 Å². The molecule has 2 aromatic carbocycles. The molecule has 0 saturated carbocycles. The molecule has 1 aliphatic heterocycles. The largest absolute Gasteiger partial charge is 0.399 e. The van der Waals surface area contributed by atoms with Gasteiger partial charge in [-0.3, -0.25) is 9.69 Å². The molecule has 0 bridgehead atoms. The van der Waals surface area contributed by atoms with Gasteiger partial charge in [0.25, 0.3) is 5.91 Å². The molecule has 4 rings (SSSR count).